The number of amides is 2. The number of carboxylic acid groups (broad SMARTS) is 2. The molecule has 0 unspecified atom stereocenters. The third-order valence-corrected chi connectivity index (χ3v) is 8.25. The van der Waals surface area contributed by atoms with Gasteiger partial charge in [-0.05, 0) is 72.4 Å². The second kappa shape index (κ2) is 18.4. The molecule has 1 aliphatic rings. The summed E-state index contributed by atoms with van der Waals surface area (Å²) < 4.78 is 68.7. The summed E-state index contributed by atoms with van der Waals surface area (Å²) in [6.07, 6.45) is -9.60. The Morgan fingerprint density at radius 2 is 1.45 bits per heavy atom. The molecular formula is C36H37F6N5O9. The molecule has 56 heavy (non-hydrogen) atoms. The molecule has 1 aromatic heterocycles. The monoisotopic (exact) mass is 797 g/mol. The maximum Gasteiger partial charge on any atom is 0.490 e. The summed E-state index contributed by atoms with van der Waals surface area (Å²) in [7, 11) is 0. The molecule has 2 heterocycles. The smallest absolute Gasteiger partial charge is 0.490 e. The van der Waals surface area contributed by atoms with Gasteiger partial charge in [0.25, 0.3) is 0 Å². The van der Waals surface area contributed by atoms with Crippen molar-refractivity contribution in [2.45, 2.75) is 70.6 Å². The molecule has 3 atom stereocenters. The average molecular weight is 798 g/mol. The Balaban J connectivity index is 0.000000512. The van der Waals surface area contributed by atoms with Crippen LogP contribution in [0.25, 0.3) is 11.0 Å². The molecule has 2 amide bonds. The minimum absolute atomic E-state index is 0.128. The Bertz CT molecular complexity index is 1990. The predicted octanol–water partition coefficient (Wildman–Crippen LogP) is 4.40. The van der Waals surface area contributed by atoms with Crippen LogP contribution in [0.4, 0.5) is 26.3 Å². The van der Waals surface area contributed by atoms with Gasteiger partial charge in [0.1, 0.15) is 30.3 Å². The molecule has 302 valence electrons. The number of aromatic hydroxyl groups is 1. The number of nitrogens with two attached hydrogens (primary N) is 1. The number of aromatic nitrogens is 2. The van der Waals surface area contributed by atoms with E-state index < -0.39 is 54.3 Å². The van der Waals surface area contributed by atoms with Gasteiger partial charge in [0.2, 0.25) is 11.8 Å². The molecule has 3 aromatic carbocycles. The van der Waals surface area contributed by atoms with E-state index >= 15 is 0 Å². The standard InChI is InChI=1S/C32H35N5O5.2C2HF3O2/c1-18-12-23(39)13-19(2)24(18)15-25(33)32(41)37-16-22-9-5-4-8-21(22)14-29(37)31(40)36-28(17-42-20(3)38)30-34-26-10-6-7-11-27(26)35-30;2*3-2(4,5)1(6)7/h4-13,25,28-29,39H,14-17,33H2,1-3H3,(H,34,35)(H,36,40);2*(H,6,7)/t25-,28-,29-;;/m0../s1. The van der Waals surface area contributed by atoms with E-state index in [0.717, 1.165) is 33.3 Å². The van der Waals surface area contributed by atoms with Crippen LogP contribution in [0.2, 0.25) is 0 Å². The zero-order valence-corrected chi connectivity index (χ0v) is 29.9. The molecule has 1 aliphatic heterocycles. The summed E-state index contributed by atoms with van der Waals surface area (Å²) in [5.74, 6) is -6.16. The van der Waals surface area contributed by atoms with Gasteiger partial charge < -0.3 is 41.0 Å². The van der Waals surface area contributed by atoms with Gasteiger partial charge in [-0.3, -0.25) is 14.4 Å². The number of phenolic OH excluding ortho intramolecular Hbond substituents is 1. The number of hydrogen-bond acceptors (Lipinski definition) is 9. The summed E-state index contributed by atoms with van der Waals surface area (Å²) in [5, 5.41) is 27.2. The molecule has 7 N–H and O–H groups in total. The fourth-order valence-electron chi connectivity index (χ4n) is 5.60. The normalized spacial score (nSPS) is 14.8. The van der Waals surface area contributed by atoms with E-state index in [1.165, 1.54) is 11.8 Å². The van der Waals surface area contributed by atoms with Crippen molar-refractivity contribution in [3.8, 4) is 5.75 Å². The number of alkyl halides is 6. The average Bonchev–Trinajstić information content (AvgIpc) is 3.54. The second-order valence-corrected chi connectivity index (χ2v) is 12.4. The van der Waals surface area contributed by atoms with E-state index in [1.807, 2.05) is 62.4 Å². The third kappa shape index (κ3) is 12.2. The maximum absolute atomic E-state index is 13.9. The number of ether oxygens (including phenoxy) is 1. The number of nitrogens with one attached hydrogen (secondary N) is 2. The summed E-state index contributed by atoms with van der Waals surface area (Å²) in [4.78, 5) is 66.6. The second-order valence-electron chi connectivity index (χ2n) is 12.4. The zero-order valence-electron chi connectivity index (χ0n) is 29.9. The van der Waals surface area contributed by atoms with Crippen molar-refractivity contribution in [3.05, 3.63) is 94.3 Å². The summed E-state index contributed by atoms with van der Waals surface area (Å²) in [5.41, 5.74) is 12.5. The Morgan fingerprint density at radius 3 is 1.96 bits per heavy atom. The van der Waals surface area contributed by atoms with Crippen molar-refractivity contribution in [1.29, 1.82) is 0 Å². The number of carbonyl (C=O) groups is 5. The van der Waals surface area contributed by atoms with Gasteiger partial charge in [-0.15, -0.1) is 0 Å². The molecule has 0 saturated heterocycles. The van der Waals surface area contributed by atoms with Crippen molar-refractivity contribution in [1.82, 2.24) is 20.2 Å². The molecule has 0 aliphatic carbocycles. The van der Waals surface area contributed by atoms with Crippen LogP contribution in [-0.2, 0) is 48.1 Å². The van der Waals surface area contributed by atoms with E-state index in [2.05, 4.69) is 15.3 Å². The van der Waals surface area contributed by atoms with E-state index in [-0.39, 0.29) is 31.2 Å². The SMILES string of the molecule is CC(=O)OC[C@H](NC(=O)[C@@H]1Cc2ccccc2CN1C(=O)[C@@H](N)Cc1c(C)cc(O)cc1C)c1nc2ccccc2[nH]1.O=C(O)C(F)(F)F.O=C(O)C(F)(F)F. The molecule has 0 fully saturated rings. The van der Waals surface area contributed by atoms with Gasteiger partial charge >= 0.3 is 30.3 Å². The highest BCUT2D eigenvalue weighted by Gasteiger charge is 2.40. The van der Waals surface area contributed by atoms with Crippen LogP contribution >= 0.6 is 0 Å². The lowest BCUT2D eigenvalue weighted by Gasteiger charge is -2.38. The number of esters is 1. The number of nitrogens with zero attached hydrogens (tertiary/aromatic N) is 2. The van der Waals surface area contributed by atoms with Crippen molar-refractivity contribution in [2.24, 2.45) is 5.73 Å². The minimum atomic E-state index is -5.08. The van der Waals surface area contributed by atoms with Crippen LogP contribution in [0, 0.1) is 13.8 Å². The van der Waals surface area contributed by atoms with Crippen LogP contribution in [-0.4, -0.2) is 91.0 Å². The third-order valence-electron chi connectivity index (χ3n) is 8.25. The number of aliphatic carboxylic acids is 2. The fraction of sp³-hybridized carbons (Fsp3) is 0.333. The van der Waals surface area contributed by atoms with Crippen molar-refractivity contribution < 1.29 is 70.4 Å². The number of aryl methyl sites for hydroxylation is 2. The van der Waals surface area contributed by atoms with Crippen LogP contribution in [0.15, 0.2) is 60.7 Å². The fourth-order valence-corrected chi connectivity index (χ4v) is 5.60. The van der Waals surface area contributed by atoms with Crippen LogP contribution in [0.3, 0.4) is 0 Å². The van der Waals surface area contributed by atoms with Gasteiger partial charge in [-0.2, -0.15) is 26.3 Å². The first-order valence-electron chi connectivity index (χ1n) is 16.4. The minimum Gasteiger partial charge on any atom is -0.508 e. The maximum atomic E-state index is 13.9. The molecule has 14 nitrogen and oxygen atoms in total. The molecule has 0 spiro atoms. The van der Waals surface area contributed by atoms with Gasteiger partial charge in [-0.1, -0.05) is 36.4 Å². The van der Waals surface area contributed by atoms with Crippen LogP contribution < -0.4 is 11.1 Å². The Kier molecular flexibility index (Phi) is 14.6. The van der Waals surface area contributed by atoms with Gasteiger partial charge in [0, 0.05) is 19.9 Å². The molecule has 20 heteroatoms. The lowest BCUT2D eigenvalue weighted by atomic mass is 9.91. The lowest BCUT2D eigenvalue weighted by Crippen LogP contribution is -2.57. The number of para-hydroxylation sites is 2. The number of H-pyrrole nitrogens is 1. The largest absolute Gasteiger partial charge is 0.508 e. The molecule has 0 bridgehead atoms. The van der Waals surface area contributed by atoms with E-state index in [4.69, 9.17) is 30.3 Å². The number of carboxylic acids is 2. The number of benzene rings is 3. The summed E-state index contributed by atoms with van der Waals surface area (Å²) in [6.45, 7) is 5.14. The number of aromatic amines is 1. The van der Waals surface area contributed by atoms with Crippen LogP contribution in [0.5, 0.6) is 5.75 Å². The lowest BCUT2D eigenvalue weighted by molar-refractivity contribution is -0.193. The quantitative estimate of drug-likeness (QED) is 0.108. The molecular weight excluding hydrogens is 760 g/mol. The highest BCUT2D eigenvalue weighted by Crippen LogP contribution is 2.27. The number of fused-ring (bicyclic) bond motifs is 2. The topological polar surface area (TPSA) is 225 Å². The Morgan fingerprint density at radius 1 is 0.929 bits per heavy atom. The van der Waals surface area contributed by atoms with Gasteiger partial charge in [0.15, 0.2) is 0 Å². The number of rotatable bonds is 8. The number of halogens is 6. The van der Waals surface area contributed by atoms with Gasteiger partial charge in [0.05, 0.1) is 17.1 Å². The van der Waals surface area contributed by atoms with E-state index in [1.54, 1.807) is 12.1 Å². The molecule has 4 aromatic rings. The molecule has 0 saturated carbocycles. The van der Waals surface area contributed by atoms with Crippen LogP contribution in [0.1, 0.15) is 46.6 Å². The summed E-state index contributed by atoms with van der Waals surface area (Å²) >= 11 is 0. The number of phenols is 1. The number of hydrogen-bond donors (Lipinski definition) is 6. The number of imidazole rings is 1. The first kappa shape index (κ1) is 44.2. The van der Waals surface area contributed by atoms with Crippen molar-refractivity contribution in [3.63, 3.8) is 0 Å². The van der Waals surface area contributed by atoms with Crippen molar-refractivity contribution >= 4 is 40.8 Å². The molecule has 5 rings (SSSR count). The van der Waals surface area contributed by atoms with Crippen molar-refractivity contribution in [2.75, 3.05) is 6.61 Å². The predicted molar refractivity (Wildman–Crippen MR) is 185 cm³/mol. The first-order valence-corrected chi connectivity index (χ1v) is 16.4. The number of carbonyl (C=O) groups excluding carboxylic acids is 3. The molecule has 0 radical (unpaired) electrons. The van der Waals surface area contributed by atoms with Gasteiger partial charge in [-0.25, -0.2) is 14.6 Å². The summed E-state index contributed by atoms with van der Waals surface area (Å²) in [6, 6.07) is 15.9. The first-order chi connectivity index (χ1) is 26.0. The zero-order chi connectivity index (χ0) is 42.1. The van der Waals surface area contributed by atoms with E-state index in [0.29, 0.717) is 17.8 Å². The highest BCUT2D eigenvalue weighted by molar-refractivity contribution is 5.91. The Labute approximate surface area is 314 Å². The van der Waals surface area contributed by atoms with E-state index in [9.17, 15) is 45.8 Å². The highest BCUT2D eigenvalue weighted by atomic mass is 19.4. The Hall–Kier alpha value is -6.18.